The summed E-state index contributed by atoms with van der Waals surface area (Å²) in [5.74, 6) is -24.9. The van der Waals surface area contributed by atoms with Crippen LogP contribution < -0.4 is 135 Å². The van der Waals surface area contributed by atoms with Gasteiger partial charge in [-0.2, -0.15) is 52.7 Å². The molecule has 1 aromatic heterocycles. The van der Waals surface area contributed by atoms with E-state index in [1.54, 1.807) is 76.2 Å². The number of primary amides is 2. The number of hydrogen-bond donors (Lipinski definition) is 21. The number of aliphatic carboxylic acids is 4. The number of guanidine groups is 1. The van der Waals surface area contributed by atoms with E-state index >= 15 is 0 Å². The molecule has 0 aliphatic rings. The zero-order valence-corrected chi connectivity index (χ0v) is 76.9. The van der Waals surface area contributed by atoms with Crippen molar-refractivity contribution >= 4 is 140 Å². The lowest BCUT2D eigenvalue weighted by Gasteiger charge is -2.28. The van der Waals surface area contributed by atoms with Gasteiger partial charge < -0.3 is 142 Å². The highest BCUT2D eigenvalue weighted by Crippen LogP contribution is 2.30. The molecule has 0 saturated carbocycles. The summed E-state index contributed by atoms with van der Waals surface area (Å²) >= 11 is 0. The first-order chi connectivity index (χ1) is 66.3. The first-order valence-electron chi connectivity index (χ1n) is 42.7. The lowest BCUT2D eigenvalue weighted by atomic mass is 9.99. The summed E-state index contributed by atoms with van der Waals surface area (Å²) in [5.41, 5.74) is 33.7. The number of aliphatic hydroxyl groups excluding tert-OH is 1. The van der Waals surface area contributed by atoms with Crippen LogP contribution in [0.5, 0.6) is 0 Å². The van der Waals surface area contributed by atoms with Crippen molar-refractivity contribution in [3.8, 4) is 0 Å². The topological polar surface area (TPSA) is 864 Å². The molecular weight excluding hydrogens is 1960 g/mol. The Labute approximate surface area is 802 Å². The van der Waals surface area contributed by atoms with E-state index in [0.29, 0.717) is 61.0 Å². The Morgan fingerprint density at radius 1 is 0.476 bits per heavy atom. The summed E-state index contributed by atoms with van der Waals surface area (Å²) in [5, 5.41) is 100.0. The van der Waals surface area contributed by atoms with E-state index in [1.165, 1.54) is 6.07 Å². The number of quaternary nitrogens is 3. The minimum atomic E-state index is -5.19. The molecule has 13 amide bonds. The number of nitrogens with one attached hydrogen (secondary N) is 13. The van der Waals surface area contributed by atoms with E-state index < -0.39 is 245 Å². The van der Waals surface area contributed by atoms with Crippen LogP contribution in [0.25, 0.3) is 11.0 Å². The van der Waals surface area contributed by atoms with Crippen molar-refractivity contribution in [2.45, 2.75) is 210 Å². The molecule has 3 aromatic carbocycles. The SMILES string of the molecule is CC(C)C[C@H](NC(=O)[C@H](CCCC[NH3+])NC(=O)[C@@H](NC(=O)CNC(=O)Cc1cc(=O)oc2cc([NH3+])ccc12)C(C)C)C(=O)N[C@@H](CCC(N)=O)C(=O)N[C@@H](CO)C(=O)NCC(=O)N[C@@H](Cc1ccccc1)C(=O)N[C@@H](CCC[NH+]=C(N)N)C(=O)N[C@@H](CCCCNc1ccc([N+](=O)[O-])cc1[N+](=O)[O-])C(=O)N[C@@H](CCCC[NH3+])C(N)=O.O=C([O-])C(F)(F)F.O=C([O-])C(F)(F)F.O=C([O-])C(F)(F)F.O=C([O-])C(F)(F)F. The summed E-state index contributed by atoms with van der Waals surface area (Å²) in [4.78, 5) is 251. The quantitative estimate of drug-likeness (QED) is 0.00371. The van der Waals surface area contributed by atoms with Gasteiger partial charge in [0.2, 0.25) is 76.8 Å². The van der Waals surface area contributed by atoms with Gasteiger partial charge in [-0.1, -0.05) is 58.0 Å². The van der Waals surface area contributed by atoms with Crippen molar-refractivity contribution in [3.05, 3.63) is 115 Å². The predicted octanol–water partition coefficient (Wildman–Crippen LogP) is -10.3. The summed E-state index contributed by atoms with van der Waals surface area (Å²) < 4.78 is 131. The van der Waals surface area contributed by atoms with E-state index in [1.807, 2.05) is 0 Å². The second-order valence-corrected chi connectivity index (χ2v) is 31.3. The van der Waals surface area contributed by atoms with E-state index in [0.717, 1.165) is 18.2 Å². The number of anilines is 1. The minimum Gasteiger partial charge on any atom is -0.542 e. The molecule has 798 valence electrons. The van der Waals surface area contributed by atoms with Gasteiger partial charge in [0.25, 0.3) is 11.4 Å². The molecule has 31 N–H and O–H groups in total. The lowest BCUT2D eigenvalue weighted by molar-refractivity contribution is -0.459. The summed E-state index contributed by atoms with van der Waals surface area (Å²) in [6.07, 6.45) is -20.1. The highest BCUT2D eigenvalue weighted by atomic mass is 19.4. The number of rotatable bonds is 53. The monoisotopic (exact) mass is 2070 g/mol. The average Bonchev–Trinajstić information content (AvgIpc) is 0.799. The molecule has 0 fully saturated rings. The van der Waals surface area contributed by atoms with Crippen LogP contribution in [-0.2, 0) is 94.3 Å². The van der Waals surface area contributed by atoms with Crippen LogP contribution in [0.1, 0.15) is 129 Å². The number of hydrogen-bond acceptors (Lipinski definition) is 29. The number of unbranched alkanes of at least 4 members (excludes halogenated alkanes) is 3. The first kappa shape index (κ1) is 128. The zero-order valence-electron chi connectivity index (χ0n) is 76.9. The lowest BCUT2D eigenvalue weighted by Crippen LogP contribution is -2.78. The Balaban J connectivity index is 0.00000623. The highest BCUT2D eigenvalue weighted by molar-refractivity contribution is 5.99. The summed E-state index contributed by atoms with van der Waals surface area (Å²) in [6, 6.07) is 4.15. The van der Waals surface area contributed by atoms with Crippen molar-refractivity contribution in [3.63, 3.8) is 0 Å². The standard InChI is InChI=1S/C73H108N22O20.4C2HF3O2/c1-40(2)31-53(91-68(106)50(18-9-12-28-75)90-72(110)63(41(3)4)93-61(100)37-83-59(98)33-43-34-62(101)115-57-35-44(76)21-23-46(43)57)70(108)89-52(25-26-58(77)97)69(107)92-55(39-96)65(103)84-38-60(99)85-54(32-42-15-6-5-7-16-42)71(109)88-51(20-14-30-82-73(79)80)67(105)87-49(66(104)86-48(64(78)102)17-8-11-27-74)19-10-13-29-81-47-24-22-45(94(111)112)36-56(47)95(113)114;4*3-2(4,5)1(6)7/h5-7,15-16,21-24,34-36,40-41,48-55,63,81,96H,8-14,17-20,25-33,37-39,74-76H2,1-4H3,(H2,77,97)(H2,78,102)(H,83,98)(H,84,103)(H,85,99)(H,86,104)(H,87,105)(H,88,109)(H,89,108)(H,90,110)(H,91,106)(H,92,107)(H,93,100)(H4,79,80,82);4*(H,6,7)/t48-,49-,50-,51-,52-,53-,54-,55-,63-;;;;/m0..../s1. The van der Waals surface area contributed by atoms with Gasteiger partial charge in [-0.05, 0) is 125 Å². The van der Waals surface area contributed by atoms with Crippen LogP contribution in [0.2, 0.25) is 0 Å². The molecule has 1 heterocycles. The molecule has 0 unspecified atom stereocenters. The average molecular weight is 2070 g/mol. The number of nitrogens with two attached hydrogens (primary N) is 4. The number of carbonyl (C=O) groups is 17. The number of halogens is 12. The van der Waals surface area contributed by atoms with Crippen molar-refractivity contribution in [2.75, 3.05) is 51.2 Å². The number of aliphatic hydroxyl groups is 1. The second-order valence-electron chi connectivity index (χ2n) is 31.3. The maximum atomic E-state index is 14.6. The Morgan fingerprint density at radius 2 is 0.902 bits per heavy atom. The van der Waals surface area contributed by atoms with E-state index in [2.05, 4.69) is 86.0 Å². The van der Waals surface area contributed by atoms with Gasteiger partial charge in [-0.15, -0.1) is 0 Å². The van der Waals surface area contributed by atoms with Gasteiger partial charge in [0.15, 0.2) is 0 Å². The number of non-ortho nitro benzene ring substituents is 1. The van der Waals surface area contributed by atoms with Crippen LogP contribution in [0.15, 0.2) is 82.0 Å². The third-order valence-corrected chi connectivity index (χ3v) is 18.9. The van der Waals surface area contributed by atoms with Gasteiger partial charge >= 0.3 is 36.3 Å². The molecule has 0 bridgehead atoms. The number of fused-ring (bicyclic) bond motifs is 1. The number of alkyl halides is 12. The largest absolute Gasteiger partial charge is 0.542 e. The van der Waals surface area contributed by atoms with Crippen LogP contribution >= 0.6 is 0 Å². The number of nitrogens with zero attached hydrogens (tertiary/aromatic N) is 2. The fourth-order valence-electron chi connectivity index (χ4n) is 11.8. The van der Waals surface area contributed by atoms with E-state index in [-0.39, 0.29) is 100 Å². The molecule has 143 heavy (non-hydrogen) atoms. The zero-order chi connectivity index (χ0) is 110. The van der Waals surface area contributed by atoms with Gasteiger partial charge in [0, 0.05) is 43.0 Å². The molecule has 0 aliphatic heterocycles. The van der Waals surface area contributed by atoms with Crippen LogP contribution in [0.3, 0.4) is 0 Å². The maximum absolute atomic E-state index is 14.6. The highest BCUT2D eigenvalue weighted by Gasteiger charge is 2.38. The summed E-state index contributed by atoms with van der Waals surface area (Å²) in [6.45, 7) is 5.20. The Hall–Kier alpha value is -15.3. The molecule has 50 nitrogen and oxygen atoms in total. The molecule has 0 saturated heterocycles. The molecule has 0 radical (unpaired) electrons. The number of nitro benzene ring substituents is 2. The van der Waals surface area contributed by atoms with Crippen molar-refractivity contribution in [1.82, 2.24) is 58.5 Å². The van der Waals surface area contributed by atoms with E-state index in [4.69, 9.17) is 67.0 Å². The normalized spacial score (nSPS) is 13.0. The smallest absolute Gasteiger partial charge is 0.430 e. The third-order valence-electron chi connectivity index (χ3n) is 18.9. The fourth-order valence-corrected chi connectivity index (χ4v) is 11.8. The molecule has 4 aromatic rings. The molecule has 0 spiro atoms. The first-order valence-corrected chi connectivity index (χ1v) is 42.7. The van der Waals surface area contributed by atoms with Gasteiger partial charge in [-0.3, -0.25) is 99.0 Å². The third kappa shape index (κ3) is 53.1. The number of nitro groups is 2. The van der Waals surface area contributed by atoms with Crippen molar-refractivity contribution in [2.24, 2.45) is 34.8 Å². The van der Waals surface area contributed by atoms with Gasteiger partial charge in [-0.25, -0.2) is 4.79 Å². The number of benzene rings is 3. The second kappa shape index (κ2) is 63.4. The molecule has 4 rings (SSSR count). The Kier molecular flexibility index (Phi) is 56.6. The van der Waals surface area contributed by atoms with Crippen molar-refractivity contribution < 1.29 is 196 Å². The maximum Gasteiger partial charge on any atom is 0.430 e. The van der Waals surface area contributed by atoms with Crippen LogP contribution in [0, 0.1) is 32.1 Å². The Bertz CT molecular complexity index is 4980. The van der Waals surface area contributed by atoms with Crippen LogP contribution in [0.4, 0.5) is 75.4 Å². The molecule has 62 heteroatoms. The van der Waals surface area contributed by atoms with Crippen LogP contribution in [-0.4, -0.2) is 247 Å². The van der Waals surface area contributed by atoms with Gasteiger partial charge in [0.1, 0.15) is 95.2 Å². The minimum absolute atomic E-state index is 0.0277. The number of carbonyl (C=O) groups excluding carboxylic acids is 17. The van der Waals surface area contributed by atoms with E-state index in [9.17, 15) is 145 Å². The van der Waals surface area contributed by atoms with Gasteiger partial charge in [0.05, 0.1) is 61.7 Å². The molecule has 0 aliphatic carbocycles. The predicted molar refractivity (Wildman–Crippen MR) is 459 cm³/mol. The Morgan fingerprint density at radius 3 is 1.34 bits per heavy atom. The summed E-state index contributed by atoms with van der Waals surface area (Å²) in [7, 11) is 0. The molecular formula is C81H112F12N22O28. The number of carboxylic acids is 4. The molecule has 9 atom stereocenters. The number of amides is 13. The number of carboxylic acid groups (broad SMARTS) is 4. The van der Waals surface area contributed by atoms with Crippen molar-refractivity contribution in [1.29, 1.82) is 0 Å². The fraction of sp³-hybridized carbons (Fsp3) is 0.519.